The maximum absolute atomic E-state index is 13.3. The molecule has 2 saturated heterocycles. The van der Waals surface area contributed by atoms with Crippen molar-refractivity contribution in [3.8, 4) is 0 Å². The molecule has 1 aromatic carbocycles. The third kappa shape index (κ3) is 2.97. The van der Waals surface area contributed by atoms with E-state index < -0.39 is 5.54 Å². The number of rotatable bonds is 4. The number of likely N-dealkylation sites (N-methyl/N-ethyl adjacent to an activating group) is 1. The Morgan fingerprint density at radius 3 is 2.63 bits per heavy atom. The van der Waals surface area contributed by atoms with E-state index in [0.717, 1.165) is 30.7 Å². The van der Waals surface area contributed by atoms with Gasteiger partial charge in [-0.15, -0.1) is 0 Å². The highest BCUT2D eigenvalue weighted by molar-refractivity contribution is 6.06. The molecule has 154 valence electrons. The molecular weight excluding hydrogens is 378 g/mol. The lowest BCUT2D eigenvalue weighted by Crippen LogP contribution is -2.55. The molecule has 5 rings (SSSR count). The van der Waals surface area contributed by atoms with Crippen molar-refractivity contribution in [1.29, 1.82) is 0 Å². The summed E-state index contributed by atoms with van der Waals surface area (Å²) in [4.78, 5) is 39.0. The molecule has 3 aromatic rings. The highest BCUT2D eigenvalue weighted by atomic mass is 16.2. The first-order chi connectivity index (χ1) is 14.6. The van der Waals surface area contributed by atoms with Crippen LogP contribution in [0.2, 0.25) is 0 Å². The van der Waals surface area contributed by atoms with E-state index in [0.29, 0.717) is 12.8 Å². The summed E-state index contributed by atoms with van der Waals surface area (Å²) in [5, 5.41) is 1.24. The molecule has 2 fully saturated rings. The number of hydrogen-bond donors (Lipinski definition) is 1. The molecule has 1 spiro atoms. The lowest BCUT2D eigenvalue weighted by Gasteiger charge is -2.40. The van der Waals surface area contributed by atoms with Gasteiger partial charge in [0, 0.05) is 56.2 Å². The van der Waals surface area contributed by atoms with Gasteiger partial charge in [0.2, 0.25) is 0 Å². The number of aromatic nitrogens is 2. The minimum absolute atomic E-state index is 0.0782. The number of H-pyrrole nitrogens is 1. The SMILES string of the molecule is CN1C(=O)N(Cc2cccnc2)C(=O)C12CCN(Cc1c[nH]c3ccccc13)CC2. The van der Waals surface area contributed by atoms with Gasteiger partial charge in [-0.3, -0.25) is 19.6 Å². The normalized spacial score (nSPS) is 19.4. The molecular formula is C23H25N5O2. The smallest absolute Gasteiger partial charge is 0.327 e. The summed E-state index contributed by atoms with van der Waals surface area (Å²) in [5.74, 6) is -0.0782. The summed E-state index contributed by atoms with van der Waals surface area (Å²) in [5.41, 5.74) is 2.54. The summed E-state index contributed by atoms with van der Waals surface area (Å²) >= 11 is 0. The van der Waals surface area contributed by atoms with Crippen molar-refractivity contribution >= 4 is 22.8 Å². The number of aromatic amines is 1. The third-order valence-corrected chi connectivity index (χ3v) is 6.62. The van der Waals surface area contributed by atoms with Crippen molar-refractivity contribution in [1.82, 2.24) is 24.7 Å². The Morgan fingerprint density at radius 1 is 1.07 bits per heavy atom. The van der Waals surface area contributed by atoms with E-state index in [2.05, 4.69) is 39.3 Å². The van der Waals surface area contributed by atoms with Crippen molar-refractivity contribution < 1.29 is 9.59 Å². The van der Waals surface area contributed by atoms with Crippen molar-refractivity contribution in [2.75, 3.05) is 20.1 Å². The topological polar surface area (TPSA) is 72.5 Å². The first-order valence-electron chi connectivity index (χ1n) is 10.3. The lowest BCUT2D eigenvalue weighted by molar-refractivity contribution is -0.135. The van der Waals surface area contributed by atoms with E-state index in [-0.39, 0.29) is 18.5 Å². The highest BCUT2D eigenvalue weighted by Gasteiger charge is 2.56. The van der Waals surface area contributed by atoms with Gasteiger partial charge in [0.25, 0.3) is 5.91 Å². The zero-order valence-corrected chi connectivity index (χ0v) is 17.0. The van der Waals surface area contributed by atoms with E-state index in [4.69, 9.17) is 0 Å². The second-order valence-corrected chi connectivity index (χ2v) is 8.26. The molecule has 4 heterocycles. The molecule has 0 aliphatic carbocycles. The molecule has 7 heteroatoms. The van der Waals surface area contributed by atoms with Crippen LogP contribution in [0.15, 0.2) is 55.0 Å². The number of imide groups is 1. The number of likely N-dealkylation sites (tertiary alicyclic amines) is 1. The molecule has 7 nitrogen and oxygen atoms in total. The molecule has 2 aliphatic heterocycles. The van der Waals surface area contributed by atoms with Gasteiger partial charge in [-0.25, -0.2) is 4.79 Å². The van der Waals surface area contributed by atoms with Crippen LogP contribution in [0.3, 0.4) is 0 Å². The van der Waals surface area contributed by atoms with Gasteiger partial charge in [-0.2, -0.15) is 0 Å². The largest absolute Gasteiger partial charge is 0.361 e. The fourth-order valence-electron chi connectivity index (χ4n) is 4.79. The number of hydrogen-bond acceptors (Lipinski definition) is 4. The van der Waals surface area contributed by atoms with E-state index in [9.17, 15) is 9.59 Å². The quantitative estimate of drug-likeness (QED) is 0.680. The fraction of sp³-hybridized carbons (Fsp3) is 0.348. The van der Waals surface area contributed by atoms with Gasteiger partial charge < -0.3 is 9.88 Å². The standard InChI is InChI=1S/C23H25N5O2/c1-26-22(30)28(15-17-5-4-10-24-13-17)21(29)23(26)8-11-27(12-9-23)16-18-14-25-20-7-3-2-6-19(18)20/h2-7,10,13-14,25H,8-9,11-12,15-16H2,1H3. The number of fused-ring (bicyclic) bond motifs is 1. The van der Waals surface area contributed by atoms with Gasteiger partial charge in [-0.1, -0.05) is 24.3 Å². The summed E-state index contributed by atoms with van der Waals surface area (Å²) < 4.78 is 0. The van der Waals surface area contributed by atoms with Gasteiger partial charge in [0.15, 0.2) is 0 Å². The summed E-state index contributed by atoms with van der Waals surface area (Å²) in [6.07, 6.45) is 6.77. The van der Waals surface area contributed by atoms with Crippen LogP contribution in [0.25, 0.3) is 10.9 Å². The summed E-state index contributed by atoms with van der Waals surface area (Å²) in [6.45, 7) is 2.68. The second-order valence-electron chi connectivity index (χ2n) is 8.26. The second kappa shape index (κ2) is 7.25. The number of benzene rings is 1. The average Bonchev–Trinajstić information content (AvgIpc) is 3.26. The maximum atomic E-state index is 13.3. The van der Waals surface area contributed by atoms with Crippen molar-refractivity contribution in [2.45, 2.75) is 31.5 Å². The van der Waals surface area contributed by atoms with Gasteiger partial charge in [0.05, 0.1) is 6.54 Å². The van der Waals surface area contributed by atoms with Gasteiger partial charge in [0.1, 0.15) is 5.54 Å². The van der Waals surface area contributed by atoms with Crippen LogP contribution in [0.5, 0.6) is 0 Å². The third-order valence-electron chi connectivity index (χ3n) is 6.62. The Kier molecular flexibility index (Phi) is 4.55. The number of para-hydroxylation sites is 1. The molecule has 30 heavy (non-hydrogen) atoms. The number of carbonyl (C=O) groups excluding carboxylic acids is 2. The Bertz CT molecular complexity index is 1090. The maximum Gasteiger partial charge on any atom is 0.327 e. The molecule has 3 amide bonds. The summed E-state index contributed by atoms with van der Waals surface area (Å²) in [7, 11) is 1.76. The number of pyridine rings is 1. The molecule has 0 unspecified atom stereocenters. The predicted octanol–water partition coefficient (Wildman–Crippen LogP) is 2.99. The zero-order chi connectivity index (χ0) is 20.7. The predicted molar refractivity (Wildman–Crippen MR) is 113 cm³/mol. The number of urea groups is 1. The van der Waals surface area contributed by atoms with Crippen LogP contribution in [0.1, 0.15) is 24.0 Å². The van der Waals surface area contributed by atoms with Crippen LogP contribution < -0.4 is 0 Å². The van der Waals surface area contributed by atoms with E-state index >= 15 is 0 Å². The van der Waals surface area contributed by atoms with Crippen LogP contribution >= 0.6 is 0 Å². The first kappa shape index (κ1) is 18.8. The van der Waals surface area contributed by atoms with Crippen LogP contribution in [0.4, 0.5) is 4.79 Å². The molecule has 2 aromatic heterocycles. The number of nitrogens with zero attached hydrogens (tertiary/aromatic N) is 4. The van der Waals surface area contributed by atoms with Gasteiger partial charge >= 0.3 is 6.03 Å². The first-order valence-corrected chi connectivity index (χ1v) is 10.3. The van der Waals surface area contributed by atoms with E-state index in [1.807, 2.05) is 18.2 Å². The number of carbonyl (C=O) groups is 2. The monoisotopic (exact) mass is 403 g/mol. The number of nitrogens with one attached hydrogen (secondary N) is 1. The van der Waals surface area contributed by atoms with Crippen molar-refractivity contribution in [3.63, 3.8) is 0 Å². The van der Waals surface area contributed by atoms with E-state index in [1.165, 1.54) is 15.8 Å². The molecule has 0 saturated carbocycles. The highest BCUT2D eigenvalue weighted by Crippen LogP contribution is 2.37. The lowest BCUT2D eigenvalue weighted by atomic mass is 9.86. The van der Waals surface area contributed by atoms with Crippen molar-refractivity contribution in [3.05, 3.63) is 66.1 Å². The Hall–Kier alpha value is -3.19. The Labute approximate surface area is 175 Å². The fourth-order valence-corrected chi connectivity index (χ4v) is 4.79. The molecule has 0 radical (unpaired) electrons. The van der Waals surface area contributed by atoms with Crippen molar-refractivity contribution in [2.24, 2.45) is 0 Å². The zero-order valence-electron chi connectivity index (χ0n) is 17.0. The number of piperidine rings is 1. The molecule has 0 bridgehead atoms. The van der Waals surface area contributed by atoms with E-state index in [1.54, 1.807) is 24.3 Å². The Morgan fingerprint density at radius 2 is 1.87 bits per heavy atom. The minimum Gasteiger partial charge on any atom is -0.361 e. The molecule has 1 N–H and O–H groups in total. The van der Waals surface area contributed by atoms with Crippen LogP contribution in [-0.2, 0) is 17.9 Å². The molecule has 0 atom stereocenters. The minimum atomic E-state index is -0.726. The Balaban J connectivity index is 1.29. The summed E-state index contributed by atoms with van der Waals surface area (Å²) in [6, 6.07) is 11.8. The molecule has 2 aliphatic rings. The van der Waals surface area contributed by atoms with Crippen LogP contribution in [0, 0.1) is 0 Å². The van der Waals surface area contributed by atoms with Crippen LogP contribution in [-0.4, -0.2) is 62.3 Å². The average molecular weight is 403 g/mol. The van der Waals surface area contributed by atoms with Gasteiger partial charge in [-0.05, 0) is 36.1 Å². The number of amides is 3.